The number of esters is 1. The third-order valence-electron chi connectivity index (χ3n) is 4.47. The van der Waals surface area contributed by atoms with Crippen molar-refractivity contribution in [3.63, 3.8) is 0 Å². The molecule has 0 amide bonds. The molecule has 0 aliphatic heterocycles. The molecule has 2 rings (SSSR count). The van der Waals surface area contributed by atoms with Crippen molar-refractivity contribution >= 4 is 28.7 Å². The first-order valence-corrected chi connectivity index (χ1v) is 9.04. The molecule has 1 heterocycles. The minimum absolute atomic E-state index is 0.0128. The highest BCUT2D eigenvalue weighted by Crippen LogP contribution is 2.15. The largest absolute Gasteiger partial charge is 0.462 e. The number of aromatic nitrogens is 2. The van der Waals surface area contributed by atoms with E-state index < -0.39 is 0 Å². The average molecular weight is 360 g/mol. The standard InChI is InChI=1S/C19H29N5O2/c1-6-26-18(25)14-7-8-17-15(9-14)23-19(21)24(17)10-16(11(2)3)22-13(5)12(4)20/h7-9,11-13H,6,10,20H2,1-5H3,(H2,21,23)/p+1. The predicted octanol–water partition coefficient (Wildman–Crippen LogP) is 2.05. The molecule has 7 nitrogen and oxygen atoms in total. The van der Waals surface area contributed by atoms with E-state index in [0.29, 0.717) is 24.7 Å². The summed E-state index contributed by atoms with van der Waals surface area (Å²) in [5.41, 5.74) is 15.4. The van der Waals surface area contributed by atoms with Crippen LogP contribution in [0.3, 0.4) is 0 Å². The summed E-state index contributed by atoms with van der Waals surface area (Å²) in [5, 5.41) is 0. The number of aromatic amines is 1. The highest BCUT2D eigenvalue weighted by atomic mass is 16.5. The third-order valence-corrected chi connectivity index (χ3v) is 4.47. The van der Waals surface area contributed by atoms with Gasteiger partial charge in [0.2, 0.25) is 0 Å². The number of nitrogens with one attached hydrogen (secondary N) is 1. The first-order valence-electron chi connectivity index (χ1n) is 9.04. The Morgan fingerprint density at radius 1 is 1.31 bits per heavy atom. The summed E-state index contributed by atoms with van der Waals surface area (Å²) in [4.78, 5) is 19.9. The minimum atomic E-state index is -0.343. The highest BCUT2D eigenvalue weighted by Gasteiger charge is 2.20. The number of nitrogen functional groups attached to an aromatic ring is 1. The molecule has 5 N–H and O–H groups in total. The van der Waals surface area contributed by atoms with Gasteiger partial charge in [0.15, 0.2) is 0 Å². The fourth-order valence-electron chi connectivity index (χ4n) is 2.63. The lowest BCUT2D eigenvalue weighted by atomic mass is 10.1. The van der Waals surface area contributed by atoms with E-state index in [9.17, 15) is 4.79 Å². The van der Waals surface area contributed by atoms with Gasteiger partial charge in [-0.1, -0.05) is 13.8 Å². The van der Waals surface area contributed by atoms with Crippen LogP contribution in [0.2, 0.25) is 0 Å². The van der Waals surface area contributed by atoms with Gasteiger partial charge in [-0.25, -0.2) is 14.3 Å². The Bertz CT molecular complexity index is 808. The van der Waals surface area contributed by atoms with Crippen molar-refractivity contribution in [3.8, 4) is 0 Å². The fourth-order valence-corrected chi connectivity index (χ4v) is 2.63. The molecule has 0 saturated carbocycles. The average Bonchev–Trinajstić information content (AvgIpc) is 2.88. The van der Waals surface area contributed by atoms with Gasteiger partial charge in [0, 0.05) is 11.8 Å². The van der Waals surface area contributed by atoms with Crippen LogP contribution in [0.15, 0.2) is 23.2 Å². The number of hydrogen-bond acceptors (Lipinski definition) is 5. The molecule has 0 saturated heterocycles. The van der Waals surface area contributed by atoms with E-state index in [-0.39, 0.29) is 24.0 Å². The molecule has 0 aliphatic carbocycles. The summed E-state index contributed by atoms with van der Waals surface area (Å²) < 4.78 is 7.02. The van der Waals surface area contributed by atoms with E-state index in [1.54, 1.807) is 19.1 Å². The van der Waals surface area contributed by atoms with Gasteiger partial charge in [-0.15, -0.1) is 0 Å². The number of nitrogens with zero attached hydrogens (tertiary/aromatic N) is 2. The second-order valence-corrected chi connectivity index (χ2v) is 6.92. The lowest BCUT2D eigenvalue weighted by Gasteiger charge is -2.16. The van der Waals surface area contributed by atoms with Crippen molar-refractivity contribution in [1.29, 1.82) is 0 Å². The van der Waals surface area contributed by atoms with Crippen molar-refractivity contribution in [3.05, 3.63) is 23.8 Å². The summed E-state index contributed by atoms with van der Waals surface area (Å²) in [6.07, 6.45) is 0. The van der Waals surface area contributed by atoms with E-state index in [1.165, 1.54) is 0 Å². The molecule has 26 heavy (non-hydrogen) atoms. The first-order chi connectivity index (χ1) is 12.2. The van der Waals surface area contributed by atoms with Crippen LogP contribution in [-0.4, -0.2) is 35.4 Å². The zero-order valence-electron chi connectivity index (χ0n) is 16.2. The number of H-pyrrole nitrogens is 1. The number of rotatable bonds is 7. The van der Waals surface area contributed by atoms with Gasteiger partial charge in [-0.05, 0) is 44.9 Å². The van der Waals surface area contributed by atoms with Gasteiger partial charge in [-0.2, -0.15) is 0 Å². The number of fused-ring (bicyclic) bond motifs is 1. The minimum Gasteiger partial charge on any atom is -0.462 e. The van der Waals surface area contributed by atoms with Crippen LogP contribution in [-0.2, 0) is 11.3 Å². The monoisotopic (exact) mass is 360 g/mol. The number of anilines is 1. The first kappa shape index (κ1) is 19.9. The van der Waals surface area contributed by atoms with Crippen LogP contribution >= 0.6 is 0 Å². The zero-order valence-corrected chi connectivity index (χ0v) is 16.2. The quantitative estimate of drug-likeness (QED) is 0.399. The zero-order chi connectivity index (χ0) is 19.4. The second kappa shape index (κ2) is 8.31. The number of carbonyl (C=O) groups excluding carboxylic acids is 1. The van der Waals surface area contributed by atoms with Crippen LogP contribution in [0.4, 0.5) is 5.95 Å². The molecule has 2 aromatic rings. The van der Waals surface area contributed by atoms with Gasteiger partial charge in [0.1, 0.15) is 17.6 Å². The molecule has 1 aromatic heterocycles. The Hall–Kier alpha value is -2.41. The lowest BCUT2D eigenvalue weighted by molar-refractivity contribution is -0.640. The number of nitrogens with two attached hydrogens (primary N) is 2. The summed E-state index contributed by atoms with van der Waals surface area (Å²) >= 11 is 0. The Labute approximate surface area is 154 Å². The molecular weight excluding hydrogens is 330 g/mol. The molecule has 0 bridgehead atoms. The second-order valence-electron chi connectivity index (χ2n) is 6.92. The topological polar surface area (TPSA) is 110 Å². The van der Waals surface area contributed by atoms with Gasteiger partial charge in [0.05, 0.1) is 18.2 Å². The third kappa shape index (κ3) is 4.40. The van der Waals surface area contributed by atoms with Crippen molar-refractivity contribution < 1.29 is 14.1 Å². The molecule has 0 spiro atoms. The highest BCUT2D eigenvalue weighted by molar-refractivity contribution is 5.93. The Morgan fingerprint density at radius 2 is 2.00 bits per heavy atom. The SMILES string of the molecule is CCOC(=O)c1ccc2c(c1)[nH]c(N)[n+]2CC(=NC(C)C(C)N)C(C)C. The summed E-state index contributed by atoms with van der Waals surface area (Å²) in [6.45, 7) is 10.9. The van der Waals surface area contributed by atoms with E-state index in [0.717, 1.165) is 16.7 Å². The number of carbonyl (C=O) groups is 1. The molecule has 7 heteroatoms. The fraction of sp³-hybridized carbons (Fsp3) is 0.526. The Balaban J connectivity index is 2.39. The maximum absolute atomic E-state index is 11.9. The predicted molar refractivity (Wildman–Crippen MR) is 104 cm³/mol. The Kier molecular flexibility index (Phi) is 6.37. The van der Waals surface area contributed by atoms with Crippen LogP contribution in [0, 0.1) is 5.92 Å². The number of hydrogen-bond donors (Lipinski definition) is 3. The number of aliphatic imine (C=N–C) groups is 1. The van der Waals surface area contributed by atoms with Crippen molar-refractivity contribution in [2.75, 3.05) is 12.3 Å². The lowest BCUT2D eigenvalue weighted by Crippen LogP contribution is -2.42. The van der Waals surface area contributed by atoms with Crippen molar-refractivity contribution in [1.82, 2.24) is 4.98 Å². The summed E-state index contributed by atoms with van der Waals surface area (Å²) in [5.74, 6) is 0.443. The molecule has 0 aliphatic rings. The van der Waals surface area contributed by atoms with Crippen LogP contribution in [0.5, 0.6) is 0 Å². The molecule has 2 unspecified atom stereocenters. The maximum atomic E-state index is 11.9. The normalized spacial score (nSPS) is 14.7. The molecule has 2 atom stereocenters. The molecule has 0 radical (unpaired) electrons. The van der Waals surface area contributed by atoms with E-state index >= 15 is 0 Å². The van der Waals surface area contributed by atoms with Crippen molar-refractivity contribution in [2.24, 2.45) is 16.6 Å². The van der Waals surface area contributed by atoms with Gasteiger partial charge in [-0.3, -0.25) is 10.7 Å². The molecular formula is C19H30N5O2+. The number of benzene rings is 1. The van der Waals surface area contributed by atoms with Gasteiger partial charge >= 0.3 is 11.9 Å². The van der Waals surface area contributed by atoms with E-state index in [4.69, 9.17) is 21.2 Å². The van der Waals surface area contributed by atoms with Gasteiger partial charge < -0.3 is 10.5 Å². The van der Waals surface area contributed by atoms with E-state index in [1.807, 2.05) is 24.5 Å². The maximum Gasteiger partial charge on any atom is 0.353 e. The summed E-state index contributed by atoms with van der Waals surface area (Å²) in [7, 11) is 0. The molecule has 142 valence electrons. The Morgan fingerprint density at radius 3 is 2.58 bits per heavy atom. The van der Waals surface area contributed by atoms with Crippen LogP contribution in [0.1, 0.15) is 45.0 Å². The molecule has 0 fully saturated rings. The van der Waals surface area contributed by atoms with Crippen molar-refractivity contribution in [2.45, 2.75) is 53.2 Å². The number of imidazole rings is 1. The van der Waals surface area contributed by atoms with Gasteiger partial charge in [0.25, 0.3) is 0 Å². The van der Waals surface area contributed by atoms with E-state index in [2.05, 4.69) is 18.8 Å². The molecule has 1 aromatic carbocycles. The van der Waals surface area contributed by atoms with Crippen LogP contribution in [0.25, 0.3) is 11.0 Å². The smallest absolute Gasteiger partial charge is 0.353 e. The summed E-state index contributed by atoms with van der Waals surface area (Å²) in [6, 6.07) is 5.41. The number of ether oxygens (including phenoxy) is 1. The van der Waals surface area contributed by atoms with Crippen LogP contribution < -0.4 is 16.0 Å².